The predicted octanol–water partition coefficient (Wildman–Crippen LogP) is 1.90. The zero-order valence-electron chi connectivity index (χ0n) is 12.2. The molecule has 0 unspecified atom stereocenters. The van der Waals surface area contributed by atoms with Crippen molar-refractivity contribution in [3.8, 4) is 11.3 Å². The third-order valence-electron chi connectivity index (χ3n) is 4.05. The maximum absolute atomic E-state index is 12.5. The second-order valence-corrected chi connectivity index (χ2v) is 5.43. The number of nitrogens with one attached hydrogen (secondary N) is 2. The van der Waals surface area contributed by atoms with E-state index in [1.807, 2.05) is 48.3 Å². The van der Waals surface area contributed by atoms with Crippen LogP contribution in [0.25, 0.3) is 11.3 Å². The number of rotatable bonds is 3. The molecule has 1 aromatic carbocycles. The SMILES string of the molecule is CN(C(=O)c1cc(-c2ccccc2)n[nH]1)C1CCNCC1. The van der Waals surface area contributed by atoms with Crippen molar-refractivity contribution in [1.29, 1.82) is 0 Å². The first-order chi connectivity index (χ1) is 10.3. The van der Waals surface area contributed by atoms with Gasteiger partial charge in [-0.25, -0.2) is 0 Å². The summed E-state index contributed by atoms with van der Waals surface area (Å²) in [6.07, 6.45) is 2.00. The molecule has 21 heavy (non-hydrogen) atoms. The second-order valence-electron chi connectivity index (χ2n) is 5.43. The van der Waals surface area contributed by atoms with Crippen LogP contribution in [0.1, 0.15) is 23.3 Å². The standard InChI is InChI=1S/C16H20N4O/c1-20(13-7-9-17-10-8-13)16(21)15-11-14(18-19-15)12-5-3-2-4-6-12/h2-6,11,13,17H,7-10H2,1H3,(H,18,19). The largest absolute Gasteiger partial charge is 0.337 e. The molecule has 0 spiro atoms. The Bertz CT molecular complexity index is 602. The van der Waals surface area contributed by atoms with Gasteiger partial charge < -0.3 is 10.2 Å². The molecule has 110 valence electrons. The van der Waals surface area contributed by atoms with Crippen molar-refractivity contribution in [2.45, 2.75) is 18.9 Å². The quantitative estimate of drug-likeness (QED) is 0.905. The van der Waals surface area contributed by atoms with Crippen LogP contribution in [-0.4, -0.2) is 47.2 Å². The van der Waals surface area contributed by atoms with Crippen LogP contribution >= 0.6 is 0 Å². The molecule has 3 rings (SSSR count). The number of piperidine rings is 1. The van der Waals surface area contributed by atoms with E-state index in [4.69, 9.17) is 0 Å². The maximum Gasteiger partial charge on any atom is 0.271 e. The van der Waals surface area contributed by atoms with Crippen molar-refractivity contribution in [1.82, 2.24) is 20.4 Å². The number of aromatic amines is 1. The molecule has 0 bridgehead atoms. The maximum atomic E-state index is 12.5. The van der Waals surface area contributed by atoms with Crippen LogP contribution in [0.15, 0.2) is 36.4 Å². The lowest BCUT2D eigenvalue weighted by molar-refractivity contribution is 0.0697. The Morgan fingerprint density at radius 3 is 2.67 bits per heavy atom. The summed E-state index contributed by atoms with van der Waals surface area (Å²) in [5.41, 5.74) is 2.37. The summed E-state index contributed by atoms with van der Waals surface area (Å²) in [4.78, 5) is 14.4. The highest BCUT2D eigenvalue weighted by Crippen LogP contribution is 2.19. The predicted molar refractivity (Wildman–Crippen MR) is 82.0 cm³/mol. The number of nitrogens with zero attached hydrogens (tertiary/aromatic N) is 2. The van der Waals surface area contributed by atoms with Gasteiger partial charge in [-0.2, -0.15) is 5.10 Å². The van der Waals surface area contributed by atoms with Gasteiger partial charge in [0.1, 0.15) is 5.69 Å². The molecule has 1 aliphatic rings. The number of carbonyl (C=O) groups excluding carboxylic acids is 1. The smallest absolute Gasteiger partial charge is 0.271 e. The van der Waals surface area contributed by atoms with Crippen LogP contribution in [-0.2, 0) is 0 Å². The van der Waals surface area contributed by atoms with Crippen molar-refractivity contribution in [2.75, 3.05) is 20.1 Å². The minimum Gasteiger partial charge on any atom is -0.337 e. The van der Waals surface area contributed by atoms with E-state index in [0.29, 0.717) is 11.7 Å². The molecule has 1 fully saturated rings. The van der Waals surface area contributed by atoms with E-state index in [9.17, 15) is 4.79 Å². The number of H-pyrrole nitrogens is 1. The molecule has 1 saturated heterocycles. The van der Waals surface area contributed by atoms with Gasteiger partial charge in [-0.05, 0) is 32.0 Å². The van der Waals surface area contributed by atoms with Gasteiger partial charge in [-0.1, -0.05) is 30.3 Å². The molecule has 0 radical (unpaired) electrons. The van der Waals surface area contributed by atoms with E-state index in [-0.39, 0.29) is 5.91 Å². The zero-order chi connectivity index (χ0) is 14.7. The Balaban J connectivity index is 1.74. The van der Waals surface area contributed by atoms with E-state index in [1.165, 1.54) is 0 Å². The summed E-state index contributed by atoms with van der Waals surface area (Å²) in [6.45, 7) is 1.95. The molecule has 1 aliphatic heterocycles. The molecule has 0 atom stereocenters. The lowest BCUT2D eigenvalue weighted by atomic mass is 10.0. The van der Waals surface area contributed by atoms with Crippen molar-refractivity contribution in [2.24, 2.45) is 0 Å². The Hall–Kier alpha value is -2.14. The first-order valence-corrected chi connectivity index (χ1v) is 7.34. The Kier molecular flexibility index (Phi) is 4.01. The third-order valence-corrected chi connectivity index (χ3v) is 4.05. The number of hydrogen-bond donors (Lipinski definition) is 2. The van der Waals surface area contributed by atoms with Crippen LogP contribution in [0.4, 0.5) is 0 Å². The van der Waals surface area contributed by atoms with Gasteiger partial charge in [-0.15, -0.1) is 0 Å². The summed E-state index contributed by atoms with van der Waals surface area (Å²) in [5, 5.41) is 10.4. The number of hydrogen-bond acceptors (Lipinski definition) is 3. The highest BCUT2D eigenvalue weighted by Gasteiger charge is 2.24. The molecule has 2 aromatic rings. The normalized spacial score (nSPS) is 15.9. The number of amides is 1. The zero-order valence-corrected chi connectivity index (χ0v) is 12.2. The summed E-state index contributed by atoms with van der Waals surface area (Å²) in [5.74, 6) is 0.0107. The lowest BCUT2D eigenvalue weighted by Gasteiger charge is -2.31. The molecule has 0 saturated carbocycles. The molecule has 1 amide bonds. The van der Waals surface area contributed by atoms with Gasteiger partial charge in [0.2, 0.25) is 0 Å². The molecule has 5 heteroatoms. The molecule has 0 aliphatic carbocycles. The highest BCUT2D eigenvalue weighted by molar-refractivity contribution is 5.93. The van der Waals surface area contributed by atoms with E-state index in [2.05, 4.69) is 15.5 Å². The van der Waals surface area contributed by atoms with Crippen LogP contribution in [0, 0.1) is 0 Å². The van der Waals surface area contributed by atoms with Gasteiger partial charge in [-0.3, -0.25) is 9.89 Å². The van der Waals surface area contributed by atoms with E-state index in [1.54, 1.807) is 0 Å². The number of carbonyl (C=O) groups is 1. The average molecular weight is 284 g/mol. The van der Waals surface area contributed by atoms with Gasteiger partial charge in [0.15, 0.2) is 0 Å². The van der Waals surface area contributed by atoms with Crippen molar-refractivity contribution in [3.05, 3.63) is 42.1 Å². The van der Waals surface area contributed by atoms with Crippen LogP contribution in [0.5, 0.6) is 0 Å². The first-order valence-electron chi connectivity index (χ1n) is 7.34. The number of benzene rings is 1. The fraction of sp³-hybridized carbons (Fsp3) is 0.375. The van der Waals surface area contributed by atoms with E-state index >= 15 is 0 Å². The van der Waals surface area contributed by atoms with E-state index in [0.717, 1.165) is 37.2 Å². The summed E-state index contributed by atoms with van der Waals surface area (Å²) < 4.78 is 0. The highest BCUT2D eigenvalue weighted by atomic mass is 16.2. The van der Waals surface area contributed by atoms with Crippen LogP contribution in [0.2, 0.25) is 0 Å². The fourth-order valence-corrected chi connectivity index (χ4v) is 2.74. The first kappa shape index (κ1) is 13.8. The van der Waals surface area contributed by atoms with E-state index < -0.39 is 0 Å². The Labute approximate surface area is 124 Å². The summed E-state index contributed by atoms with van der Waals surface area (Å²) >= 11 is 0. The fourth-order valence-electron chi connectivity index (χ4n) is 2.74. The van der Waals surface area contributed by atoms with Gasteiger partial charge in [0, 0.05) is 18.7 Å². The minimum atomic E-state index is 0.0107. The molecular weight excluding hydrogens is 264 g/mol. The lowest BCUT2D eigenvalue weighted by Crippen LogP contribution is -2.44. The average Bonchev–Trinajstić information content (AvgIpc) is 3.05. The molecule has 1 aromatic heterocycles. The molecular formula is C16H20N4O. The third kappa shape index (κ3) is 2.97. The second kappa shape index (κ2) is 6.10. The van der Waals surface area contributed by atoms with Crippen molar-refractivity contribution in [3.63, 3.8) is 0 Å². The molecule has 2 heterocycles. The van der Waals surface area contributed by atoms with Crippen molar-refractivity contribution >= 4 is 5.91 Å². The van der Waals surface area contributed by atoms with Gasteiger partial charge in [0.25, 0.3) is 5.91 Å². The topological polar surface area (TPSA) is 61.0 Å². The minimum absolute atomic E-state index is 0.0107. The van der Waals surface area contributed by atoms with Gasteiger partial charge >= 0.3 is 0 Å². The van der Waals surface area contributed by atoms with Crippen LogP contribution < -0.4 is 5.32 Å². The van der Waals surface area contributed by atoms with Gasteiger partial charge in [0.05, 0.1) is 5.69 Å². The molecule has 2 N–H and O–H groups in total. The summed E-state index contributed by atoms with van der Waals surface area (Å²) in [6, 6.07) is 12.0. The summed E-state index contributed by atoms with van der Waals surface area (Å²) in [7, 11) is 1.88. The number of aromatic nitrogens is 2. The van der Waals surface area contributed by atoms with Crippen molar-refractivity contribution < 1.29 is 4.79 Å². The Morgan fingerprint density at radius 1 is 1.24 bits per heavy atom. The van der Waals surface area contributed by atoms with Crippen LogP contribution in [0.3, 0.4) is 0 Å². The molecule has 5 nitrogen and oxygen atoms in total. The monoisotopic (exact) mass is 284 g/mol. The Morgan fingerprint density at radius 2 is 1.95 bits per heavy atom.